The van der Waals surface area contributed by atoms with Gasteiger partial charge in [-0.1, -0.05) is 27.5 Å². The minimum atomic E-state index is 0.303. The average Bonchev–Trinajstić information content (AvgIpc) is 2.34. The quantitative estimate of drug-likeness (QED) is 0.734. The van der Waals surface area contributed by atoms with E-state index >= 15 is 0 Å². The molecule has 6 heteroatoms. The number of aromatic nitrogens is 2. The largest absolute Gasteiger partial charge is 0.423 e. The summed E-state index contributed by atoms with van der Waals surface area (Å²) in [7, 11) is 0. The second-order valence-corrected chi connectivity index (χ2v) is 5.04. The van der Waals surface area contributed by atoms with Gasteiger partial charge in [-0.25, -0.2) is 9.97 Å². The van der Waals surface area contributed by atoms with Crippen molar-refractivity contribution in [3.05, 3.63) is 45.7 Å². The maximum absolute atomic E-state index is 5.84. The fraction of sp³-hybridized carbons (Fsp3) is 0.0909. The highest BCUT2D eigenvalue weighted by atomic mass is 79.9. The van der Waals surface area contributed by atoms with Crippen LogP contribution < -0.4 is 4.74 Å². The van der Waals surface area contributed by atoms with E-state index in [1.54, 1.807) is 30.6 Å². The van der Waals surface area contributed by atoms with E-state index in [0.717, 1.165) is 15.4 Å². The number of halogens is 3. The molecule has 0 fully saturated rings. The highest BCUT2D eigenvalue weighted by Gasteiger charge is 2.05. The molecule has 88 valence electrons. The van der Waals surface area contributed by atoms with Crippen LogP contribution in [0.3, 0.4) is 0 Å². The van der Waals surface area contributed by atoms with E-state index < -0.39 is 0 Å². The Morgan fingerprint density at radius 3 is 2.53 bits per heavy atom. The van der Waals surface area contributed by atoms with E-state index in [9.17, 15) is 0 Å². The van der Waals surface area contributed by atoms with Crippen LogP contribution in [-0.2, 0) is 5.33 Å². The summed E-state index contributed by atoms with van der Waals surface area (Å²) in [5.41, 5.74) is 0.993. The first-order valence-corrected chi connectivity index (χ1v) is 6.98. The van der Waals surface area contributed by atoms with Gasteiger partial charge in [0.15, 0.2) is 0 Å². The molecule has 0 radical (unpaired) electrons. The second-order valence-electron chi connectivity index (χ2n) is 3.18. The SMILES string of the molecule is Clc1ccc(Oc2ncc(CBr)cn2)c(Br)c1. The van der Waals surface area contributed by atoms with Crippen molar-refractivity contribution in [2.75, 3.05) is 0 Å². The van der Waals surface area contributed by atoms with Gasteiger partial charge in [0.05, 0.1) is 4.47 Å². The summed E-state index contributed by atoms with van der Waals surface area (Å²) in [6.45, 7) is 0. The zero-order valence-corrected chi connectivity index (χ0v) is 12.5. The summed E-state index contributed by atoms with van der Waals surface area (Å²) in [6.07, 6.45) is 3.42. The summed E-state index contributed by atoms with van der Waals surface area (Å²) < 4.78 is 6.28. The third-order valence-corrected chi connectivity index (χ3v) is 3.43. The van der Waals surface area contributed by atoms with E-state index in [2.05, 4.69) is 41.8 Å². The minimum Gasteiger partial charge on any atom is -0.423 e. The molecule has 0 aliphatic rings. The van der Waals surface area contributed by atoms with E-state index in [4.69, 9.17) is 16.3 Å². The van der Waals surface area contributed by atoms with Crippen molar-refractivity contribution >= 4 is 43.5 Å². The zero-order chi connectivity index (χ0) is 12.3. The van der Waals surface area contributed by atoms with E-state index in [1.165, 1.54) is 0 Å². The predicted octanol–water partition coefficient (Wildman–Crippen LogP) is 4.58. The molecular weight excluding hydrogens is 371 g/mol. The van der Waals surface area contributed by atoms with Crippen molar-refractivity contribution in [3.63, 3.8) is 0 Å². The van der Waals surface area contributed by atoms with Crippen LogP contribution in [0.4, 0.5) is 0 Å². The molecule has 0 unspecified atom stereocenters. The predicted molar refractivity (Wildman–Crippen MR) is 73.9 cm³/mol. The molecule has 17 heavy (non-hydrogen) atoms. The van der Waals surface area contributed by atoms with Crippen LogP contribution in [0, 0.1) is 0 Å². The summed E-state index contributed by atoms with van der Waals surface area (Å²) in [5, 5.41) is 1.36. The van der Waals surface area contributed by atoms with Gasteiger partial charge in [0.1, 0.15) is 5.75 Å². The Balaban J connectivity index is 2.19. The lowest BCUT2D eigenvalue weighted by molar-refractivity contribution is 0.438. The maximum Gasteiger partial charge on any atom is 0.321 e. The van der Waals surface area contributed by atoms with Gasteiger partial charge in [-0.05, 0) is 39.7 Å². The fourth-order valence-corrected chi connectivity index (χ4v) is 2.17. The van der Waals surface area contributed by atoms with Gasteiger partial charge in [-0.2, -0.15) is 0 Å². The Morgan fingerprint density at radius 1 is 1.24 bits per heavy atom. The molecule has 0 N–H and O–H groups in total. The Kier molecular flexibility index (Phi) is 4.36. The number of benzene rings is 1. The molecule has 0 saturated heterocycles. The van der Waals surface area contributed by atoms with Crippen molar-refractivity contribution in [2.24, 2.45) is 0 Å². The number of hydrogen-bond acceptors (Lipinski definition) is 3. The van der Waals surface area contributed by atoms with Crippen molar-refractivity contribution in [3.8, 4) is 11.8 Å². The Morgan fingerprint density at radius 2 is 1.94 bits per heavy atom. The molecule has 0 aliphatic heterocycles. The highest BCUT2D eigenvalue weighted by Crippen LogP contribution is 2.30. The lowest BCUT2D eigenvalue weighted by Gasteiger charge is -2.06. The van der Waals surface area contributed by atoms with Gasteiger partial charge in [0.2, 0.25) is 0 Å². The van der Waals surface area contributed by atoms with Crippen molar-refractivity contribution in [2.45, 2.75) is 5.33 Å². The first-order valence-electron chi connectivity index (χ1n) is 4.69. The van der Waals surface area contributed by atoms with Crippen LogP contribution in [0.2, 0.25) is 5.02 Å². The molecule has 2 rings (SSSR count). The molecule has 0 spiro atoms. The van der Waals surface area contributed by atoms with E-state index in [0.29, 0.717) is 16.8 Å². The van der Waals surface area contributed by atoms with Gasteiger partial charge in [0, 0.05) is 22.7 Å². The monoisotopic (exact) mass is 376 g/mol. The Bertz CT molecular complexity index is 519. The molecule has 0 saturated carbocycles. The van der Waals surface area contributed by atoms with Gasteiger partial charge >= 0.3 is 6.01 Å². The molecule has 1 heterocycles. The van der Waals surface area contributed by atoms with Gasteiger partial charge < -0.3 is 4.74 Å². The van der Waals surface area contributed by atoms with Crippen LogP contribution in [0.25, 0.3) is 0 Å². The molecule has 0 atom stereocenters. The number of ether oxygens (including phenoxy) is 1. The number of hydrogen-bond donors (Lipinski definition) is 0. The second kappa shape index (κ2) is 5.80. The van der Waals surface area contributed by atoms with Gasteiger partial charge in [0.25, 0.3) is 0 Å². The van der Waals surface area contributed by atoms with Gasteiger partial charge in [-0.3, -0.25) is 0 Å². The zero-order valence-electron chi connectivity index (χ0n) is 8.53. The van der Waals surface area contributed by atoms with Crippen molar-refractivity contribution < 1.29 is 4.74 Å². The molecule has 3 nitrogen and oxygen atoms in total. The third-order valence-electron chi connectivity index (χ3n) is 1.93. The lowest BCUT2D eigenvalue weighted by Crippen LogP contribution is -1.93. The third kappa shape index (κ3) is 3.40. The topological polar surface area (TPSA) is 35.0 Å². The smallest absolute Gasteiger partial charge is 0.321 e. The van der Waals surface area contributed by atoms with Crippen molar-refractivity contribution in [1.82, 2.24) is 9.97 Å². The number of nitrogens with zero attached hydrogens (tertiary/aromatic N) is 2. The van der Waals surface area contributed by atoms with Gasteiger partial charge in [-0.15, -0.1) is 0 Å². The van der Waals surface area contributed by atoms with Crippen LogP contribution >= 0.6 is 43.5 Å². The van der Waals surface area contributed by atoms with E-state index in [-0.39, 0.29) is 0 Å². The number of alkyl halides is 1. The van der Waals surface area contributed by atoms with Crippen LogP contribution in [0.5, 0.6) is 11.8 Å². The van der Waals surface area contributed by atoms with Crippen LogP contribution in [-0.4, -0.2) is 9.97 Å². The lowest BCUT2D eigenvalue weighted by atomic mass is 10.3. The molecule has 2 aromatic rings. The molecule has 0 bridgehead atoms. The first-order chi connectivity index (χ1) is 8.19. The standard InChI is InChI=1S/C11H7Br2ClN2O/c12-4-7-5-15-11(16-6-7)17-10-2-1-8(14)3-9(10)13/h1-3,5-6H,4H2. The van der Waals surface area contributed by atoms with Crippen LogP contribution in [0.1, 0.15) is 5.56 Å². The molecule has 1 aromatic heterocycles. The van der Waals surface area contributed by atoms with Crippen LogP contribution in [0.15, 0.2) is 35.1 Å². The normalized spacial score (nSPS) is 10.3. The highest BCUT2D eigenvalue weighted by molar-refractivity contribution is 9.10. The number of rotatable bonds is 3. The summed E-state index contributed by atoms with van der Waals surface area (Å²) in [5.74, 6) is 0.626. The summed E-state index contributed by atoms with van der Waals surface area (Å²) in [6, 6.07) is 5.56. The fourth-order valence-electron chi connectivity index (χ4n) is 1.12. The molecule has 1 aromatic carbocycles. The van der Waals surface area contributed by atoms with E-state index in [1.807, 2.05) is 0 Å². The summed E-state index contributed by atoms with van der Waals surface area (Å²) in [4.78, 5) is 8.18. The molecular formula is C11H7Br2ClN2O. The summed E-state index contributed by atoms with van der Waals surface area (Å²) >= 11 is 12.5. The maximum atomic E-state index is 5.84. The Hall–Kier alpha value is -0.650. The molecule has 0 amide bonds. The van der Waals surface area contributed by atoms with Crippen molar-refractivity contribution in [1.29, 1.82) is 0 Å². The molecule has 0 aliphatic carbocycles. The average molecular weight is 378 g/mol. The Labute approximate surface area is 120 Å². The minimum absolute atomic E-state index is 0.303. The first kappa shape index (κ1) is 12.8.